The van der Waals surface area contributed by atoms with E-state index in [-0.39, 0.29) is 0 Å². The van der Waals surface area contributed by atoms with Crippen LogP contribution in [0.1, 0.15) is 11.1 Å². The number of hydrogen-bond donors (Lipinski definition) is 1. The lowest BCUT2D eigenvalue weighted by atomic mass is 10.2. The molecule has 0 bridgehead atoms. The Labute approximate surface area is 112 Å². The fourth-order valence-electron chi connectivity index (χ4n) is 1.95. The smallest absolute Gasteiger partial charge is 0.131 e. The first-order chi connectivity index (χ1) is 8.58. The van der Waals surface area contributed by atoms with Crippen molar-refractivity contribution in [3.63, 3.8) is 0 Å². The van der Waals surface area contributed by atoms with E-state index in [1.54, 1.807) is 6.20 Å². The number of nitrogen functional groups attached to an aromatic ring is 1. The van der Waals surface area contributed by atoms with Gasteiger partial charge in [-0.2, -0.15) is 0 Å². The van der Waals surface area contributed by atoms with Gasteiger partial charge < -0.3 is 10.6 Å². The molecule has 0 unspecified atom stereocenters. The van der Waals surface area contributed by atoms with E-state index in [0.717, 1.165) is 28.5 Å². The van der Waals surface area contributed by atoms with Crippen molar-refractivity contribution >= 4 is 23.1 Å². The molecule has 0 spiro atoms. The van der Waals surface area contributed by atoms with E-state index in [9.17, 15) is 0 Å². The quantitative estimate of drug-likeness (QED) is 0.922. The Balaban J connectivity index is 2.22. The van der Waals surface area contributed by atoms with E-state index in [1.165, 1.54) is 0 Å². The number of anilines is 2. The molecular formula is C14H16ClN3. The normalized spacial score (nSPS) is 10.4. The minimum Gasteiger partial charge on any atom is -0.397 e. The van der Waals surface area contributed by atoms with E-state index < -0.39 is 0 Å². The average molecular weight is 262 g/mol. The number of nitrogens with zero attached hydrogens (tertiary/aromatic N) is 2. The molecule has 1 heterocycles. The average Bonchev–Trinajstić information content (AvgIpc) is 2.32. The standard InChI is InChI=1S/C14H16ClN3/c1-10-7-12(16)8-17-14(10)18(2)9-11-5-3-4-6-13(11)15/h3-8H,9,16H2,1-2H3. The van der Waals surface area contributed by atoms with Gasteiger partial charge in [-0.1, -0.05) is 29.8 Å². The third-order valence-electron chi connectivity index (χ3n) is 2.80. The van der Waals surface area contributed by atoms with Gasteiger partial charge in [-0.3, -0.25) is 0 Å². The molecule has 0 atom stereocenters. The number of rotatable bonds is 3. The lowest BCUT2D eigenvalue weighted by Crippen LogP contribution is -2.19. The summed E-state index contributed by atoms with van der Waals surface area (Å²) in [5, 5.41) is 0.775. The molecule has 0 amide bonds. The second kappa shape index (κ2) is 5.27. The van der Waals surface area contributed by atoms with Crippen LogP contribution < -0.4 is 10.6 Å². The van der Waals surface area contributed by atoms with Crippen LogP contribution in [-0.4, -0.2) is 12.0 Å². The first-order valence-electron chi connectivity index (χ1n) is 5.74. The van der Waals surface area contributed by atoms with Gasteiger partial charge in [0.05, 0.1) is 11.9 Å². The number of benzene rings is 1. The molecule has 1 aromatic heterocycles. The van der Waals surface area contributed by atoms with Gasteiger partial charge in [0.25, 0.3) is 0 Å². The molecule has 18 heavy (non-hydrogen) atoms. The van der Waals surface area contributed by atoms with Crippen molar-refractivity contribution in [1.82, 2.24) is 4.98 Å². The summed E-state index contributed by atoms with van der Waals surface area (Å²) >= 11 is 6.15. The molecule has 0 radical (unpaired) electrons. The fourth-order valence-corrected chi connectivity index (χ4v) is 2.14. The minimum absolute atomic E-state index is 0.683. The highest BCUT2D eigenvalue weighted by atomic mass is 35.5. The highest BCUT2D eigenvalue weighted by Gasteiger charge is 2.08. The Kier molecular flexibility index (Phi) is 3.72. The molecule has 2 rings (SSSR count). The van der Waals surface area contributed by atoms with Gasteiger partial charge in [0.2, 0.25) is 0 Å². The van der Waals surface area contributed by atoms with Crippen molar-refractivity contribution in [1.29, 1.82) is 0 Å². The summed E-state index contributed by atoms with van der Waals surface area (Å²) in [7, 11) is 1.99. The van der Waals surface area contributed by atoms with Crippen molar-refractivity contribution in [3.8, 4) is 0 Å². The maximum absolute atomic E-state index is 6.15. The van der Waals surface area contributed by atoms with Crippen molar-refractivity contribution in [2.75, 3.05) is 17.7 Å². The van der Waals surface area contributed by atoms with Crippen LogP contribution in [0.5, 0.6) is 0 Å². The van der Waals surface area contributed by atoms with E-state index in [1.807, 2.05) is 44.3 Å². The molecule has 0 aliphatic rings. The molecule has 1 aromatic carbocycles. The van der Waals surface area contributed by atoms with Gasteiger partial charge in [-0.05, 0) is 30.2 Å². The predicted molar refractivity (Wildman–Crippen MR) is 76.9 cm³/mol. The van der Waals surface area contributed by atoms with Gasteiger partial charge in [-0.25, -0.2) is 4.98 Å². The Hall–Kier alpha value is -1.74. The number of pyridine rings is 1. The number of aromatic nitrogens is 1. The van der Waals surface area contributed by atoms with Gasteiger partial charge >= 0.3 is 0 Å². The molecule has 0 saturated carbocycles. The summed E-state index contributed by atoms with van der Waals surface area (Å²) < 4.78 is 0. The maximum Gasteiger partial charge on any atom is 0.131 e. The van der Waals surface area contributed by atoms with Crippen molar-refractivity contribution < 1.29 is 0 Å². The molecule has 2 N–H and O–H groups in total. The first-order valence-corrected chi connectivity index (χ1v) is 6.12. The molecule has 3 nitrogen and oxygen atoms in total. The number of halogens is 1. The summed E-state index contributed by atoms with van der Waals surface area (Å²) in [6, 6.07) is 9.75. The van der Waals surface area contributed by atoms with Gasteiger partial charge in [0.1, 0.15) is 5.82 Å². The van der Waals surface area contributed by atoms with Crippen LogP contribution in [0, 0.1) is 6.92 Å². The lowest BCUT2D eigenvalue weighted by molar-refractivity contribution is 0.891. The Morgan fingerprint density at radius 2 is 2.06 bits per heavy atom. The highest BCUT2D eigenvalue weighted by molar-refractivity contribution is 6.31. The second-order valence-electron chi connectivity index (χ2n) is 4.36. The first kappa shape index (κ1) is 12.7. The fraction of sp³-hybridized carbons (Fsp3) is 0.214. The second-order valence-corrected chi connectivity index (χ2v) is 4.76. The van der Waals surface area contributed by atoms with Crippen LogP contribution in [0.15, 0.2) is 36.5 Å². The molecule has 0 aliphatic carbocycles. The SMILES string of the molecule is Cc1cc(N)cnc1N(C)Cc1ccccc1Cl. The third kappa shape index (κ3) is 2.74. The molecule has 2 aromatic rings. The van der Waals surface area contributed by atoms with Gasteiger partial charge in [0.15, 0.2) is 0 Å². The number of nitrogens with two attached hydrogens (primary N) is 1. The van der Waals surface area contributed by atoms with Crippen molar-refractivity contribution in [2.24, 2.45) is 0 Å². The molecule has 0 saturated heterocycles. The zero-order chi connectivity index (χ0) is 13.1. The van der Waals surface area contributed by atoms with E-state index in [2.05, 4.69) is 9.88 Å². The highest BCUT2D eigenvalue weighted by Crippen LogP contribution is 2.22. The van der Waals surface area contributed by atoms with Gasteiger partial charge in [-0.15, -0.1) is 0 Å². The monoisotopic (exact) mass is 261 g/mol. The molecule has 4 heteroatoms. The number of hydrogen-bond acceptors (Lipinski definition) is 3. The molecule has 0 aliphatic heterocycles. The van der Waals surface area contributed by atoms with E-state index in [4.69, 9.17) is 17.3 Å². The van der Waals surface area contributed by atoms with Crippen LogP contribution >= 0.6 is 11.6 Å². The third-order valence-corrected chi connectivity index (χ3v) is 3.17. The van der Waals surface area contributed by atoms with E-state index in [0.29, 0.717) is 5.69 Å². The Bertz CT molecular complexity index is 554. The Morgan fingerprint density at radius 1 is 1.33 bits per heavy atom. The largest absolute Gasteiger partial charge is 0.397 e. The zero-order valence-corrected chi connectivity index (χ0v) is 11.3. The number of aryl methyl sites for hydroxylation is 1. The summed E-state index contributed by atoms with van der Waals surface area (Å²) in [5.74, 6) is 0.920. The molecule has 94 valence electrons. The lowest BCUT2D eigenvalue weighted by Gasteiger charge is -2.21. The van der Waals surface area contributed by atoms with Crippen LogP contribution in [0.3, 0.4) is 0 Å². The van der Waals surface area contributed by atoms with Gasteiger partial charge in [0, 0.05) is 18.6 Å². The molecular weight excluding hydrogens is 246 g/mol. The summed E-state index contributed by atoms with van der Waals surface area (Å²) in [6.45, 7) is 2.72. The topological polar surface area (TPSA) is 42.1 Å². The van der Waals surface area contributed by atoms with Crippen LogP contribution in [0.4, 0.5) is 11.5 Å². The summed E-state index contributed by atoms with van der Waals surface area (Å²) in [4.78, 5) is 6.43. The predicted octanol–water partition coefficient (Wildman–Crippen LogP) is 3.26. The zero-order valence-electron chi connectivity index (χ0n) is 10.5. The van der Waals surface area contributed by atoms with Crippen LogP contribution in [-0.2, 0) is 6.54 Å². The Morgan fingerprint density at radius 3 is 2.72 bits per heavy atom. The molecule has 0 fully saturated rings. The summed E-state index contributed by atoms with van der Waals surface area (Å²) in [6.07, 6.45) is 1.67. The summed E-state index contributed by atoms with van der Waals surface area (Å²) in [5.41, 5.74) is 8.53. The minimum atomic E-state index is 0.683. The maximum atomic E-state index is 6.15. The van der Waals surface area contributed by atoms with E-state index >= 15 is 0 Å². The van der Waals surface area contributed by atoms with Crippen LogP contribution in [0.2, 0.25) is 5.02 Å². The van der Waals surface area contributed by atoms with Crippen molar-refractivity contribution in [2.45, 2.75) is 13.5 Å². The van der Waals surface area contributed by atoms with Crippen LogP contribution in [0.25, 0.3) is 0 Å². The van der Waals surface area contributed by atoms with Crippen molar-refractivity contribution in [3.05, 3.63) is 52.7 Å².